The van der Waals surface area contributed by atoms with Gasteiger partial charge in [0.05, 0.1) is 5.60 Å². The van der Waals surface area contributed by atoms with Crippen molar-refractivity contribution in [2.45, 2.75) is 31.9 Å². The van der Waals surface area contributed by atoms with Crippen LogP contribution >= 0.6 is 0 Å². The van der Waals surface area contributed by atoms with Gasteiger partial charge in [0, 0.05) is 6.54 Å². The van der Waals surface area contributed by atoms with Gasteiger partial charge in [-0.3, -0.25) is 4.79 Å². The van der Waals surface area contributed by atoms with E-state index in [9.17, 15) is 9.90 Å². The van der Waals surface area contributed by atoms with Gasteiger partial charge in [0.1, 0.15) is 6.04 Å². The fraction of sp³-hybridized carbons (Fsp3) is 0.462. The molecule has 0 spiro atoms. The fourth-order valence-corrected chi connectivity index (χ4v) is 1.47. The van der Waals surface area contributed by atoms with Gasteiger partial charge in [-0.2, -0.15) is 0 Å². The van der Waals surface area contributed by atoms with E-state index in [0.29, 0.717) is 6.42 Å². The van der Waals surface area contributed by atoms with E-state index in [0.717, 1.165) is 5.56 Å². The maximum Gasteiger partial charge on any atom is 0.321 e. The maximum absolute atomic E-state index is 11.1. The number of hydrogen-bond donors (Lipinski definition) is 3. The topological polar surface area (TPSA) is 69.6 Å². The zero-order valence-corrected chi connectivity index (χ0v) is 10.2. The molecule has 0 heterocycles. The van der Waals surface area contributed by atoms with Gasteiger partial charge < -0.3 is 15.5 Å². The van der Waals surface area contributed by atoms with Crippen LogP contribution in [-0.4, -0.2) is 34.4 Å². The van der Waals surface area contributed by atoms with Gasteiger partial charge in [0.15, 0.2) is 0 Å². The minimum Gasteiger partial charge on any atom is -0.480 e. The summed E-state index contributed by atoms with van der Waals surface area (Å²) >= 11 is 0. The first-order valence-corrected chi connectivity index (χ1v) is 5.61. The van der Waals surface area contributed by atoms with Crippen LogP contribution in [0.3, 0.4) is 0 Å². The summed E-state index contributed by atoms with van der Waals surface area (Å²) in [6.45, 7) is 3.53. The van der Waals surface area contributed by atoms with Crippen molar-refractivity contribution in [3.8, 4) is 0 Å². The Morgan fingerprint density at radius 1 is 1.35 bits per heavy atom. The van der Waals surface area contributed by atoms with Crippen molar-refractivity contribution < 1.29 is 15.0 Å². The second-order valence-corrected chi connectivity index (χ2v) is 4.77. The Balaban J connectivity index is 2.59. The van der Waals surface area contributed by atoms with Crippen LogP contribution < -0.4 is 5.32 Å². The molecule has 0 aromatic heterocycles. The molecule has 0 unspecified atom stereocenters. The number of carbonyl (C=O) groups is 1. The van der Waals surface area contributed by atoms with Crippen molar-refractivity contribution in [2.24, 2.45) is 0 Å². The smallest absolute Gasteiger partial charge is 0.321 e. The van der Waals surface area contributed by atoms with Gasteiger partial charge in [-0.15, -0.1) is 0 Å². The molecule has 0 bridgehead atoms. The number of benzene rings is 1. The van der Waals surface area contributed by atoms with Crippen molar-refractivity contribution in [1.82, 2.24) is 5.32 Å². The summed E-state index contributed by atoms with van der Waals surface area (Å²) < 4.78 is 0. The summed E-state index contributed by atoms with van der Waals surface area (Å²) in [6.07, 6.45) is 0.409. The molecule has 0 radical (unpaired) electrons. The molecule has 1 atom stereocenters. The first-order chi connectivity index (χ1) is 7.88. The van der Waals surface area contributed by atoms with Crippen molar-refractivity contribution in [3.63, 3.8) is 0 Å². The lowest BCUT2D eigenvalue weighted by Gasteiger charge is -2.21. The molecule has 4 nitrogen and oxygen atoms in total. The minimum atomic E-state index is -0.912. The number of nitrogens with one attached hydrogen (secondary N) is 1. The molecule has 17 heavy (non-hydrogen) atoms. The Bertz CT molecular complexity index is 357. The third-order valence-corrected chi connectivity index (χ3v) is 2.36. The first kappa shape index (κ1) is 13.7. The third kappa shape index (κ3) is 5.47. The molecule has 0 aliphatic rings. The number of carboxylic acids is 1. The number of aliphatic carboxylic acids is 1. The maximum atomic E-state index is 11.1. The Morgan fingerprint density at radius 3 is 2.41 bits per heavy atom. The van der Waals surface area contributed by atoms with Gasteiger partial charge in [-0.05, 0) is 25.8 Å². The van der Waals surface area contributed by atoms with Gasteiger partial charge in [0.2, 0.25) is 0 Å². The zero-order valence-electron chi connectivity index (χ0n) is 10.2. The van der Waals surface area contributed by atoms with E-state index in [1.807, 2.05) is 30.3 Å². The molecule has 1 rings (SSSR count). The molecule has 0 aliphatic carbocycles. The Hall–Kier alpha value is -1.39. The second kappa shape index (κ2) is 5.80. The van der Waals surface area contributed by atoms with Crippen LogP contribution in [0, 0.1) is 0 Å². The van der Waals surface area contributed by atoms with Crippen molar-refractivity contribution in [1.29, 1.82) is 0 Å². The highest BCUT2D eigenvalue weighted by Crippen LogP contribution is 2.05. The monoisotopic (exact) mass is 237 g/mol. The molecule has 0 amide bonds. The van der Waals surface area contributed by atoms with Crippen LogP contribution in [0.1, 0.15) is 19.4 Å². The van der Waals surface area contributed by atoms with E-state index in [4.69, 9.17) is 5.11 Å². The van der Waals surface area contributed by atoms with Crippen LogP contribution in [0.5, 0.6) is 0 Å². The van der Waals surface area contributed by atoms with Crippen LogP contribution in [0.15, 0.2) is 30.3 Å². The molecule has 94 valence electrons. The van der Waals surface area contributed by atoms with Crippen LogP contribution in [-0.2, 0) is 11.2 Å². The Labute approximate surface area is 101 Å². The summed E-state index contributed by atoms with van der Waals surface area (Å²) in [5.74, 6) is -0.905. The van der Waals surface area contributed by atoms with Crippen molar-refractivity contribution in [2.75, 3.05) is 6.54 Å². The van der Waals surface area contributed by atoms with E-state index in [2.05, 4.69) is 5.32 Å². The van der Waals surface area contributed by atoms with E-state index in [1.54, 1.807) is 13.8 Å². The lowest BCUT2D eigenvalue weighted by atomic mass is 10.0. The van der Waals surface area contributed by atoms with Gasteiger partial charge in [0.25, 0.3) is 0 Å². The predicted octanol–water partition coefficient (Wildman–Crippen LogP) is 1.04. The number of rotatable bonds is 6. The molecule has 0 fully saturated rings. The Kier molecular flexibility index (Phi) is 4.66. The third-order valence-electron chi connectivity index (χ3n) is 2.36. The summed E-state index contributed by atoms with van der Waals surface area (Å²) in [5, 5.41) is 21.5. The highest BCUT2D eigenvalue weighted by molar-refractivity contribution is 5.73. The molecular weight excluding hydrogens is 218 g/mol. The minimum absolute atomic E-state index is 0.247. The number of hydrogen-bond acceptors (Lipinski definition) is 3. The summed E-state index contributed by atoms with van der Waals surface area (Å²) in [6, 6.07) is 8.75. The van der Waals surface area contributed by atoms with Crippen LogP contribution in [0.25, 0.3) is 0 Å². The van der Waals surface area contributed by atoms with E-state index in [-0.39, 0.29) is 6.54 Å². The molecule has 3 N–H and O–H groups in total. The first-order valence-electron chi connectivity index (χ1n) is 5.61. The number of aliphatic hydroxyl groups is 1. The Morgan fingerprint density at radius 2 is 1.94 bits per heavy atom. The zero-order chi connectivity index (χ0) is 12.9. The number of carboxylic acid groups (broad SMARTS) is 1. The average molecular weight is 237 g/mol. The van der Waals surface area contributed by atoms with Crippen molar-refractivity contribution >= 4 is 5.97 Å². The molecule has 0 aliphatic heterocycles. The largest absolute Gasteiger partial charge is 0.480 e. The molecule has 0 saturated carbocycles. The summed E-state index contributed by atoms with van der Waals surface area (Å²) in [4.78, 5) is 11.1. The summed E-state index contributed by atoms with van der Waals surface area (Å²) in [5.41, 5.74) is 0.0489. The highest BCUT2D eigenvalue weighted by atomic mass is 16.4. The molecule has 0 saturated heterocycles. The fourth-order valence-electron chi connectivity index (χ4n) is 1.47. The van der Waals surface area contributed by atoms with Crippen molar-refractivity contribution in [3.05, 3.63) is 35.9 Å². The normalized spacial score (nSPS) is 13.4. The summed E-state index contributed by atoms with van der Waals surface area (Å²) in [7, 11) is 0. The highest BCUT2D eigenvalue weighted by Gasteiger charge is 2.21. The van der Waals surface area contributed by atoms with E-state index >= 15 is 0 Å². The SMILES string of the molecule is CC(C)(O)CN[C@@H](Cc1ccccc1)C(=O)O. The van der Waals surface area contributed by atoms with Gasteiger partial charge in [-0.1, -0.05) is 30.3 Å². The molecule has 1 aromatic rings. The van der Waals surface area contributed by atoms with E-state index < -0.39 is 17.6 Å². The molecule has 4 heteroatoms. The molecular formula is C13H19NO3. The predicted molar refractivity (Wildman–Crippen MR) is 65.9 cm³/mol. The van der Waals surface area contributed by atoms with Crippen LogP contribution in [0.4, 0.5) is 0 Å². The quantitative estimate of drug-likeness (QED) is 0.691. The lowest BCUT2D eigenvalue weighted by Crippen LogP contribution is -2.45. The standard InChI is InChI=1S/C13H19NO3/c1-13(2,17)9-14-11(12(15)16)8-10-6-4-3-5-7-10/h3-7,11,14,17H,8-9H2,1-2H3,(H,15,16)/t11-/m0/s1. The second-order valence-electron chi connectivity index (χ2n) is 4.77. The van der Waals surface area contributed by atoms with Gasteiger partial charge >= 0.3 is 5.97 Å². The average Bonchev–Trinajstić information content (AvgIpc) is 2.24. The van der Waals surface area contributed by atoms with Gasteiger partial charge in [-0.25, -0.2) is 0 Å². The molecule has 1 aromatic carbocycles. The van der Waals surface area contributed by atoms with Crippen LogP contribution in [0.2, 0.25) is 0 Å². The lowest BCUT2D eigenvalue weighted by molar-refractivity contribution is -0.139. The van der Waals surface area contributed by atoms with E-state index in [1.165, 1.54) is 0 Å².